The molecule has 7 heteroatoms. The summed E-state index contributed by atoms with van der Waals surface area (Å²) >= 11 is 0. The first kappa shape index (κ1) is 14.2. The molecule has 0 radical (unpaired) electrons. The van der Waals surface area contributed by atoms with Crippen LogP contribution in [0.1, 0.15) is 12.0 Å². The van der Waals surface area contributed by atoms with Gasteiger partial charge in [-0.2, -0.15) is 0 Å². The van der Waals surface area contributed by atoms with E-state index in [9.17, 15) is 18.4 Å². The average molecular weight is 285 g/mol. The number of carboxylic acid groups (broad SMARTS) is 1. The van der Waals surface area contributed by atoms with Crippen molar-refractivity contribution in [3.05, 3.63) is 35.9 Å². The number of aliphatic carboxylic acids is 1. The maximum atomic E-state index is 13.2. The molecule has 1 amide bonds. The standard InChI is InChI=1S/C13H13F2NO4/c14-13(15)6-10(11(17)18)16(8-13)12(19)20-7-9-4-2-1-3-5-9/h1-5,10H,6-8H2,(H,17,18)/t10-/m1/s1. The van der Waals surface area contributed by atoms with Crippen LogP contribution >= 0.6 is 0 Å². The quantitative estimate of drug-likeness (QED) is 0.923. The Balaban J connectivity index is 1.99. The van der Waals surface area contributed by atoms with Gasteiger partial charge in [0.15, 0.2) is 0 Å². The number of carbonyl (C=O) groups is 2. The van der Waals surface area contributed by atoms with E-state index < -0.39 is 37.0 Å². The predicted molar refractivity (Wildman–Crippen MR) is 64.3 cm³/mol. The van der Waals surface area contributed by atoms with E-state index in [0.717, 1.165) is 0 Å². The third kappa shape index (κ3) is 3.23. The van der Waals surface area contributed by atoms with Gasteiger partial charge in [-0.3, -0.25) is 4.90 Å². The van der Waals surface area contributed by atoms with Crippen molar-refractivity contribution >= 4 is 12.1 Å². The van der Waals surface area contributed by atoms with Crippen molar-refractivity contribution < 1.29 is 28.2 Å². The zero-order valence-electron chi connectivity index (χ0n) is 10.5. The van der Waals surface area contributed by atoms with E-state index in [1.54, 1.807) is 30.3 Å². The van der Waals surface area contributed by atoms with Crippen molar-refractivity contribution in [3.8, 4) is 0 Å². The summed E-state index contributed by atoms with van der Waals surface area (Å²) in [7, 11) is 0. The van der Waals surface area contributed by atoms with Gasteiger partial charge < -0.3 is 9.84 Å². The lowest BCUT2D eigenvalue weighted by molar-refractivity contribution is -0.142. The van der Waals surface area contributed by atoms with Gasteiger partial charge in [0.2, 0.25) is 0 Å². The van der Waals surface area contributed by atoms with E-state index in [0.29, 0.717) is 10.5 Å². The molecule has 0 aromatic heterocycles. The van der Waals surface area contributed by atoms with Gasteiger partial charge in [0.05, 0.1) is 6.54 Å². The van der Waals surface area contributed by atoms with E-state index in [4.69, 9.17) is 9.84 Å². The Kier molecular flexibility index (Phi) is 3.87. The van der Waals surface area contributed by atoms with Crippen molar-refractivity contribution in [1.29, 1.82) is 0 Å². The Labute approximate surface area is 113 Å². The highest BCUT2D eigenvalue weighted by Gasteiger charge is 2.50. The van der Waals surface area contributed by atoms with Gasteiger partial charge >= 0.3 is 12.1 Å². The molecular weight excluding hydrogens is 272 g/mol. The molecule has 0 aliphatic carbocycles. The molecule has 0 spiro atoms. The van der Waals surface area contributed by atoms with Crippen molar-refractivity contribution in [3.63, 3.8) is 0 Å². The molecule has 1 aromatic rings. The zero-order chi connectivity index (χ0) is 14.8. The fraction of sp³-hybridized carbons (Fsp3) is 0.385. The molecule has 1 aliphatic heterocycles. The van der Waals surface area contributed by atoms with Crippen LogP contribution in [-0.4, -0.2) is 40.6 Å². The minimum Gasteiger partial charge on any atom is -0.480 e. The molecule has 108 valence electrons. The van der Waals surface area contributed by atoms with Crippen LogP contribution in [-0.2, 0) is 16.1 Å². The molecular formula is C13H13F2NO4. The zero-order valence-corrected chi connectivity index (χ0v) is 10.5. The summed E-state index contributed by atoms with van der Waals surface area (Å²) in [6.45, 7) is -1.02. The second-order valence-electron chi connectivity index (χ2n) is 4.58. The summed E-state index contributed by atoms with van der Waals surface area (Å²) in [5, 5.41) is 8.87. The number of hydrogen-bond acceptors (Lipinski definition) is 3. The van der Waals surface area contributed by atoms with Gasteiger partial charge in [-0.1, -0.05) is 30.3 Å². The lowest BCUT2D eigenvalue weighted by Crippen LogP contribution is -2.41. The SMILES string of the molecule is O=C(O)[C@H]1CC(F)(F)CN1C(=O)OCc1ccccc1. The van der Waals surface area contributed by atoms with Crippen LogP contribution in [0.3, 0.4) is 0 Å². The third-order valence-electron chi connectivity index (χ3n) is 2.99. The van der Waals surface area contributed by atoms with Gasteiger partial charge in [0.25, 0.3) is 5.92 Å². The van der Waals surface area contributed by atoms with Gasteiger partial charge in [-0.05, 0) is 5.56 Å². The molecule has 0 saturated carbocycles. The van der Waals surface area contributed by atoms with E-state index >= 15 is 0 Å². The summed E-state index contributed by atoms with van der Waals surface area (Å²) < 4.78 is 31.3. The van der Waals surface area contributed by atoms with Crippen LogP contribution in [0.2, 0.25) is 0 Å². The van der Waals surface area contributed by atoms with Crippen molar-refractivity contribution in [2.45, 2.75) is 25.0 Å². The van der Waals surface area contributed by atoms with Crippen molar-refractivity contribution in [2.24, 2.45) is 0 Å². The fourth-order valence-electron chi connectivity index (χ4n) is 2.03. The first-order chi connectivity index (χ1) is 9.39. The summed E-state index contributed by atoms with van der Waals surface area (Å²) in [4.78, 5) is 23.2. The highest BCUT2D eigenvalue weighted by Crippen LogP contribution is 2.32. The van der Waals surface area contributed by atoms with Gasteiger partial charge in [0.1, 0.15) is 12.6 Å². The molecule has 1 N–H and O–H groups in total. The monoisotopic (exact) mass is 285 g/mol. The largest absolute Gasteiger partial charge is 0.480 e. The van der Waals surface area contributed by atoms with E-state index in [-0.39, 0.29) is 6.61 Å². The van der Waals surface area contributed by atoms with Gasteiger partial charge in [0, 0.05) is 6.42 Å². The van der Waals surface area contributed by atoms with Gasteiger partial charge in [-0.25, -0.2) is 18.4 Å². The number of carbonyl (C=O) groups excluding carboxylic acids is 1. The second kappa shape index (κ2) is 5.44. The Morgan fingerprint density at radius 3 is 2.60 bits per heavy atom. The molecule has 1 atom stereocenters. The van der Waals surface area contributed by atoms with E-state index in [1.807, 2.05) is 0 Å². The Morgan fingerprint density at radius 2 is 2.00 bits per heavy atom. The Hall–Kier alpha value is -2.18. The van der Waals surface area contributed by atoms with Crippen LogP contribution in [0.25, 0.3) is 0 Å². The number of rotatable bonds is 3. The molecule has 0 unspecified atom stereocenters. The number of benzene rings is 1. The molecule has 1 saturated heterocycles. The summed E-state index contributed by atoms with van der Waals surface area (Å²) in [6.07, 6.45) is -1.93. The maximum Gasteiger partial charge on any atom is 0.411 e. The summed E-state index contributed by atoms with van der Waals surface area (Å²) in [5.74, 6) is -4.66. The molecule has 0 bridgehead atoms. The van der Waals surface area contributed by atoms with Crippen LogP contribution in [0.4, 0.5) is 13.6 Å². The lowest BCUT2D eigenvalue weighted by atomic mass is 10.2. The van der Waals surface area contributed by atoms with Crippen molar-refractivity contribution in [1.82, 2.24) is 4.90 Å². The van der Waals surface area contributed by atoms with Crippen LogP contribution < -0.4 is 0 Å². The van der Waals surface area contributed by atoms with E-state index in [2.05, 4.69) is 0 Å². The minimum absolute atomic E-state index is 0.0892. The topological polar surface area (TPSA) is 66.8 Å². The Bertz CT molecular complexity index is 506. The average Bonchev–Trinajstić information content (AvgIpc) is 2.74. The molecule has 1 fully saturated rings. The molecule has 5 nitrogen and oxygen atoms in total. The molecule has 1 aliphatic rings. The molecule has 2 rings (SSSR count). The van der Waals surface area contributed by atoms with Crippen LogP contribution in [0.15, 0.2) is 30.3 Å². The second-order valence-corrected chi connectivity index (χ2v) is 4.58. The lowest BCUT2D eigenvalue weighted by Gasteiger charge is -2.20. The number of hydrogen-bond donors (Lipinski definition) is 1. The fourth-order valence-corrected chi connectivity index (χ4v) is 2.03. The Morgan fingerprint density at radius 1 is 1.35 bits per heavy atom. The normalized spacial score (nSPS) is 20.7. The van der Waals surface area contributed by atoms with Gasteiger partial charge in [-0.15, -0.1) is 0 Å². The maximum absolute atomic E-state index is 13.2. The van der Waals surface area contributed by atoms with Crippen molar-refractivity contribution in [2.75, 3.05) is 6.54 Å². The number of halogens is 2. The highest BCUT2D eigenvalue weighted by atomic mass is 19.3. The number of ether oxygens (including phenoxy) is 1. The number of nitrogens with zero attached hydrogens (tertiary/aromatic N) is 1. The molecule has 1 heterocycles. The highest BCUT2D eigenvalue weighted by molar-refractivity contribution is 5.81. The number of carboxylic acids is 1. The molecule has 20 heavy (non-hydrogen) atoms. The number of alkyl halides is 2. The summed E-state index contributed by atoms with van der Waals surface area (Å²) in [6, 6.07) is 7.14. The van der Waals surface area contributed by atoms with Crippen LogP contribution in [0.5, 0.6) is 0 Å². The van der Waals surface area contributed by atoms with E-state index in [1.165, 1.54) is 0 Å². The number of amides is 1. The third-order valence-corrected chi connectivity index (χ3v) is 2.99. The predicted octanol–water partition coefficient (Wildman–Crippen LogP) is 2.12. The smallest absolute Gasteiger partial charge is 0.411 e. The minimum atomic E-state index is -3.20. The first-order valence-electron chi connectivity index (χ1n) is 5.97. The first-order valence-corrected chi connectivity index (χ1v) is 5.97. The summed E-state index contributed by atoms with van der Waals surface area (Å²) in [5.41, 5.74) is 0.693. The van der Waals surface area contributed by atoms with Crippen LogP contribution in [0, 0.1) is 0 Å². The number of likely N-dealkylation sites (tertiary alicyclic amines) is 1. The molecule has 1 aromatic carbocycles.